The maximum Gasteiger partial charge on any atom is 0.410 e. The summed E-state index contributed by atoms with van der Waals surface area (Å²) in [6.45, 7) is 1.62. The van der Waals surface area contributed by atoms with Gasteiger partial charge >= 0.3 is 6.09 Å². The molecule has 108 valence electrons. The van der Waals surface area contributed by atoms with Crippen LogP contribution in [0.1, 0.15) is 31.2 Å². The summed E-state index contributed by atoms with van der Waals surface area (Å²) in [6.07, 6.45) is 4.48. The lowest BCUT2D eigenvalue weighted by Crippen LogP contribution is -2.54. The lowest BCUT2D eigenvalue weighted by molar-refractivity contribution is -0.0821. The summed E-state index contributed by atoms with van der Waals surface area (Å²) in [5, 5.41) is 0. The summed E-state index contributed by atoms with van der Waals surface area (Å²) in [5.74, 6) is 0. The minimum absolute atomic E-state index is 0.200. The Balaban J connectivity index is 1.58. The molecule has 4 heteroatoms. The van der Waals surface area contributed by atoms with Gasteiger partial charge in [0, 0.05) is 6.54 Å². The van der Waals surface area contributed by atoms with E-state index in [1.807, 2.05) is 35.2 Å². The summed E-state index contributed by atoms with van der Waals surface area (Å²) in [4.78, 5) is 14.1. The fraction of sp³-hybridized carbons (Fsp3) is 0.562. The van der Waals surface area contributed by atoms with Gasteiger partial charge in [-0.05, 0) is 18.4 Å². The first-order valence-corrected chi connectivity index (χ1v) is 7.43. The summed E-state index contributed by atoms with van der Waals surface area (Å²) in [6, 6.07) is 10.0. The summed E-state index contributed by atoms with van der Waals surface area (Å²) in [7, 11) is 0. The van der Waals surface area contributed by atoms with Gasteiger partial charge < -0.3 is 14.4 Å². The predicted octanol–water partition coefficient (Wildman–Crippen LogP) is 2.97. The number of carbonyl (C=O) groups excluding carboxylic acids is 1. The Labute approximate surface area is 119 Å². The van der Waals surface area contributed by atoms with Crippen molar-refractivity contribution in [1.82, 2.24) is 4.90 Å². The maximum atomic E-state index is 12.3. The number of benzene rings is 1. The van der Waals surface area contributed by atoms with Crippen LogP contribution >= 0.6 is 0 Å². The van der Waals surface area contributed by atoms with Crippen LogP contribution in [-0.2, 0) is 16.1 Å². The molecule has 1 saturated heterocycles. The Morgan fingerprint density at radius 1 is 1.25 bits per heavy atom. The molecule has 2 unspecified atom stereocenters. The SMILES string of the molecule is O=C(OCc1ccccc1)N1CCOC2CCCCC21. The zero-order valence-electron chi connectivity index (χ0n) is 11.7. The van der Waals surface area contributed by atoms with Crippen molar-refractivity contribution in [2.75, 3.05) is 13.2 Å². The van der Waals surface area contributed by atoms with Crippen molar-refractivity contribution >= 4 is 6.09 Å². The van der Waals surface area contributed by atoms with E-state index in [2.05, 4.69) is 0 Å². The van der Waals surface area contributed by atoms with Crippen LogP contribution in [0.25, 0.3) is 0 Å². The molecule has 1 saturated carbocycles. The predicted molar refractivity (Wildman–Crippen MR) is 75.3 cm³/mol. The van der Waals surface area contributed by atoms with Gasteiger partial charge in [0.05, 0.1) is 18.8 Å². The van der Waals surface area contributed by atoms with Crippen molar-refractivity contribution in [3.8, 4) is 0 Å². The van der Waals surface area contributed by atoms with Gasteiger partial charge in [-0.2, -0.15) is 0 Å². The molecule has 0 spiro atoms. The third-order valence-electron chi connectivity index (χ3n) is 4.17. The molecule has 1 aromatic rings. The van der Waals surface area contributed by atoms with Gasteiger partial charge in [-0.3, -0.25) is 0 Å². The molecule has 1 aliphatic carbocycles. The van der Waals surface area contributed by atoms with Crippen LogP contribution in [0.5, 0.6) is 0 Å². The molecule has 1 heterocycles. The molecule has 4 nitrogen and oxygen atoms in total. The van der Waals surface area contributed by atoms with E-state index in [1.54, 1.807) is 0 Å². The molecule has 2 atom stereocenters. The average Bonchev–Trinajstić information content (AvgIpc) is 2.53. The fourth-order valence-electron chi connectivity index (χ4n) is 3.13. The number of hydrogen-bond donors (Lipinski definition) is 0. The minimum atomic E-state index is -0.200. The molecule has 0 N–H and O–H groups in total. The summed E-state index contributed by atoms with van der Waals surface area (Å²) in [5.41, 5.74) is 1.02. The number of rotatable bonds is 2. The van der Waals surface area contributed by atoms with Crippen molar-refractivity contribution < 1.29 is 14.3 Å². The molecule has 0 radical (unpaired) electrons. The Morgan fingerprint density at radius 2 is 2.05 bits per heavy atom. The number of nitrogens with zero attached hydrogens (tertiary/aromatic N) is 1. The number of amides is 1. The van der Waals surface area contributed by atoms with E-state index in [4.69, 9.17) is 9.47 Å². The number of morpholine rings is 1. The van der Waals surface area contributed by atoms with Crippen LogP contribution in [-0.4, -0.2) is 36.3 Å². The van der Waals surface area contributed by atoms with Crippen LogP contribution in [0, 0.1) is 0 Å². The highest BCUT2D eigenvalue weighted by molar-refractivity contribution is 5.68. The van der Waals surface area contributed by atoms with Crippen molar-refractivity contribution in [2.45, 2.75) is 44.4 Å². The zero-order valence-corrected chi connectivity index (χ0v) is 11.7. The van der Waals surface area contributed by atoms with E-state index >= 15 is 0 Å². The second-order valence-corrected chi connectivity index (χ2v) is 5.49. The molecular weight excluding hydrogens is 254 g/mol. The maximum absolute atomic E-state index is 12.3. The summed E-state index contributed by atoms with van der Waals surface area (Å²) >= 11 is 0. The highest BCUT2D eigenvalue weighted by Gasteiger charge is 2.37. The van der Waals surface area contributed by atoms with Gasteiger partial charge in [0.25, 0.3) is 0 Å². The molecule has 20 heavy (non-hydrogen) atoms. The molecule has 3 rings (SSSR count). The smallest absolute Gasteiger partial charge is 0.410 e. The first-order valence-electron chi connectivity index (χ1n) is 7.43. The lowest BCUT2D eigenvalue weighted by atomic mass is 9.90. The highest BCUT2D eigenvalue weighted by Crippen LogP contribution is 2.28. The van der Waals surface area contributed by atoms with Gasteiger partial charge in [0.15, 0.2) is 0 Å². The molecule has 0 bridgehead atoms. The molecule has 0 aromatic heterocycles. The topological polar surface area (TPSA) is 38.8 Å². The molecule has 1 amide bonds. The van der Waals surface area contributed by atoms with Crippen LogP contribution in [0.2, 0.25) is 0 Å². The van der Waals surface area contributed by atoms with Crippen LogP contribution < -0.4 is 0 Å². The second kappa shape index (κ2) is 6.27. The van der Waals surface area contributed by atoms with E-state index in [9.17, 15) is 4.79 Å². The number of ether oxygens (including phenoxy) is 2. The molecular formula is C16H21NO3. The Morgan fingerprint density at radius 3 is 2.90 bits per heavy atom. The molecule has 2 fully saturated rings. The first kappa shape index (κ1) is 13.4. The van der Waals surface area contributed by atoms with Gasteiger partial charge in [-0.25, -0.2) is 4.79 Å². The summed E-state index contributed by atoms with van der Waals surface area (Å²) < 4.78 is 11.2. The van der Waals surface area contributed by atoms with E-state index in [-0.39, 0.29) is 18.2 Å². The van der Waals surface area contributed by atoms with Crippen LogP contribution in [0.15, 0.2) is 30.3 Å². The van der Waals surface area contributed by atoms with E-state index in [0.29, 0.717) is 19.8 Å². The van der Waals surface area contributed by atoms with Gasteiger partial charge in [0.1, 0.15) is 6.61 Å². The number of fused-ring (bicyclic) bond motifs is 1. The van der Waals surface area contributed by atoms with E-state index < -0.39 is 0 Å². The van der Waals surface area contributed by atoms with Gasteiger partial charge in [-0.15, -0.1) is 0 Å². The Bertz CT molecular complexity index is 446. The minimum Gasteiger partial charge on any atom is -0.445 e. The Kier molecular flexibility index (Phi) is 4.21. The van der Waals surface area contributed by atoms with Crippen LogP contribution in [0.3, 0.4) is 0 Å². The molecule has 1 aliphatic heterocycles. The number of carbonyl (C=O) groups is 1. The first-order chi connectivity index (χ1) is 9.84. The highest BCUT2D eigenvalue weighted by atomic mass is 16.6. The van der Waals surface area contributed by atoms with Gasteiger partial charge in [-0.1, -0.05) is 43.2 Å². The quantitative estimate of drug-likeness (QED) is 0.833. The third kappa shape index (κ3) is 2.96. The third-order valence-corrected chi connectivity index (χ3v) is 4.17. The van der Waals surface area contributed by atoms with Crippen molar-refractivity contribution in [3.63, 3.8) is 0 Å². The van der Waals surface area contributed by atoms with Crippen molar-refractivity contribution in [2.24, 2.45) is 0 Å². The molecule has 2 aliphatic rings. The van der Waals surface area contributed by atoms with Gasteiger partial charge in [0.2, 0.25) is 0 Å². The van der Waals surface area contributed by atoms with E-state index in [1.165, 1.54) is 12.8 Å². The normalized spacial score (nSPS) is 25.9. The second-order valence-electron chi connectivity index (χ2n) is 5.49. The largest absolute Gasteiger partial charge is 0.445 e. The van der Waals surface area contributed by atoms with Crippen molar-refractivity contribution in [1.29, 1.82) is 0 Å². The lowest BCUT2D eigenvalue weighted by Gasteiger charge is -2.43. The molecule has 1 aromatic carbocycles. The standard InChI is InChI=1S/C16H21NO3/c18-16(20-12-13-6-2-1-3-7-13)17-10-11-19-15-9-5-4-8-14(15)17/h1-3,6-7,14-15H,4-5,8-12H2. The number of hydrogen-bond acceptors (Lipinski definition) is 3. The zero-order chi connectivity index (χ0) is 13.8. The van der Waals surface area contributed by atoms with E-state index in [0.717, 1.165) is 18.4 Å². The average molecular weight is 275 g/mol. The monoisotopic (exact) mass is 275 g/mol. The van der Waals surface area contributed by atoms with Crippen molar-refractivity contribution in [3.05, 3.63) is 35.9 Å². The fourth-order valence-corrected chi connectivity index (χ4v) is 3.13. The Hall–Kier alpha value is -1.55. The van der Waals surface area contributed by atoms with Crippen LogP contribution in [0.4, 0.5) is 4.79 Å².